The monoisotopic (exact) mass is 424 g/mol. The van der Waals surface area contributed by atoms with Crippen LogP contribution in [-0.2, 0) is 19.1 Å². The van der Waals surface area contributed by atoms with E-state index in [9.17, 15) is 14.4 Å². The summed E-state index contributed by atoms with van der Waals surface area (Å²) < 4.78 is 6.05. The number of likely N-dealkylation sites (tertiary alicyclic amines) is 1. The third kappa shape index (κ3) is 7.68. The number of hydrogen-bond donors (Lipinski definition) is 1. The van der Waals surface area contributed by atoms with Gasteiger partial charge in [-0.15, -0.1) is 0 Å². The minimum Gasteiger partial charge on any atom is -0.375 e. The lowest BCUT2D eigenvalue weighted by Gasteiger charge is -2.38. The molecule has 6 heteroatoms. The molecule has 0 aromatic heterocycles. The number of ether oxygens (including phenoxy) is 1. The van der Waals surface area contributed by atoms with E-state index in [0.717, 1.165) is 6.42 Å². The average molecular weight is 425 g/mol. The molecule has 0 bridgehead atoms. The number of imide groups is 1. The van der Waals surface area contributed by atoms with Crippen LogP contribution in [-0.4, -0.2) is 45.9 Å². The predicted molar refractivity (Wildman–Crippen MR) is 120 cm³/mol. The highest BCUT2D eigenvalue weighted by Crippen LogP contribution is 2.33. The fourth-order valence-electron chi connectivity index (χ4n) is 4.44. The van der Waals surface area contributed by atoms with Gasteiger partial charge in [-0.1, -0.05) is 27.7 Å². The van der Waals surface area contributed by atoms with E-state index in [0.29, 0.717) is 18.9 Å². The second kappa shape index (κ2) is 9.80. The molecule has 30 heavy (non-hydrogen) atoms. The summed E-state index contributed by atoms with van der Waals surface area (Å²) in [5, 5.41) is 3.09. The summed E-state index contributed by atoms with van der Waals surface area (Å²) in [7, 11) is 0. The highest BCUT2D eigenvalue weighted by molar-refractivity contribution is 6.04. The zero-order valence-electron chi connectivity index (χ0n) is 20.8. The minimum absolute atomic E-state index is 0.0767. The topological polar surface area (TPSA) is 75.7 Å². The third-order valence-electron chi connectivity index (χ3n) is 5.72. The molecule has 1 aliphatic heterocycles. The first kappa shape index (κ1) is 26.6. The first-order valence-corrected chi connectivity index (χ1v) is 11.3. The molecule has 3 amide bonds. The molecule has 0 spiro atoms. The molecule has 1 unspecified atom stereocenters. The van der Waals surface area contributed by atoms with E-state index < -0.39 is 11.1 Å². The van der Waals surface area contributed by atoms with Gasteiger partial charge in [0.15, 0.2) is 0 Å². The number of carbonyl (C=O) groups excluding carboxylic acids is 3. The SMILES string of the molecule is CC(C)CCOC(C)(C)CC(C)(C)NC(=O)CC(C)(C)N1C(=O)CC(C(C)C)C1=O. The van der Waals surface area contributed by atoms with Crippen LogP contribution in [0.15, 0.2) is 0 Å². The molecule has 0 aromatic rings. The van der Waals surface area contributed by atoms with Gasteiger partial charge in [-0.25, -0.2) is 0 Å². The van der Waals surface area contributed by atoms with Crippen molar-refractivity contribution in [3.05, 3.63) is 0 Å². The molecule has 0 aliphatic carbocycles. The van der Waals surface area contributed by atoms with Crippen LogP contribution in [0.5, 0.6) is 0 Å². The lowest BCUT2D eigenvalue weighted by atomic mass is 9.88. The number of nitrogens with zero attached hydrogens (tertiary/aromatic N) is 1. The van der Waals surface area contributed by atoms with Gasteiger partial charge < -0.3 is 10.1 Å². The average Bonchev–Trinajstić information content (AvgIpc) is 2.79. The Morgan fingerprint density at radius 2 is 1.67 bits per heavy atom. The zero-order chi connectivity index (χ0) is 23.5. The summed E-state index contributed by atoms with van der Waals surface area (Å²) in [5.41, 5.74) is -1.71. The van der Waals surface area contributed by atoms with Crippen LogP contribution in [0, 0.1) is 17.8 Å². The summed E-state index contributed by atoms with van der Waals surface area (Å²) in [6.45, 7) is 20.5. The van der Waals surface area contributed by atoms with E-state index in [1.54, 1.807) is 13.8 Å². The Morgan fingerprint density at radius 1 is 1.10 bits per heavy atom. The number of carbonyl (C=O) groups is 3. The molecule has 1 rings (SSSR count). The molecule has 174 valence electrons. The first-order chi connectivity index (χ1) is 13.5. The lowest BCUT2D eigenvalue weighted by molar-refractivity contribution is -0.147. The quantitative estimate of drug-likeness (QED) is 0.501. The Morgan fingerprint density at radius 3 is 2.13 bits per heavy atom. The van der Waals surface area contributed by atoms with Crippen molar-refractivity contribution in [3.63, 3.8) is 0 Å². The Hall–Kier alpha value is -1.43. The van der Waals surface area contributed by atoms with Crippen molar-refractivity contribution in [1.82, 2.24) is 10.2 Å². The van der Waals surface area contributed by atoms with Crippen molar-refractivity contribution < 1.29 is 19.1 Å². The minimum atomic E-state index is -0.860. The van der Waals surface area contributed by atoms with Crippen molar-refractivity contribution in [3.8, 4) is 0 Å². The van der Waals surface area contributed by atoms with E-state index in [2.05, 4.69) is 19.2 Å². The molecule has 0 radical (unpaired) electrons. The predicted octanol–water partition coefficient (Wildman–Crippen LogP) is 4.31. The van der Waals surface area contributed by atoms with E-state index in [-0.39, 0.29) is 48.0 Å². The van der Waals surface area contributed by atoms with E-state index in [1.807, 2.05) is 41.5 Å². The van der Waals surface area contributed by atoms with E-state index >= 15 is 0 Å². The van der Waals surface area contributed by atoms with Crippen molar-refractivity contribution in [2.45, 2.75) is 112 Å². The molecule has 1 saturated heterocycles. The van der Waals surface area contributed by atoms with Gasteiger partial charge in [-0.2, -0.15) is 0 Å². The first-order valence-electron chi connectivity index (χ1n) is 11.3. The van der Waals surface area contributed by atoms with Crippen LogP contribution in [0.2, 0.25) is 0 Å². The van der Waals surface area contributed by atoms with E-state index in [4.69, 9.17) is 4.74 Å². The molecular formula is C24H44N2O4. The fourth-order valence-corrected chi connectivity index (χ4v) is 4.44. The van der Waals surface area contributed by atoms with Crippen LogP contribution < -0.4 is 5.32 Å². The second-order valence-electron chi connectivity index (χ2n) is 11.5. The van der Waals surface area contributed by atoms with Crippen LogP contribution in [0.4, 0.5) is 0 Å². The number of nitrogens with one attached hydrogen (secondary N) is 1. The largest absolute Gasteiger partial charge is 0.375 e. The Balaban J connectivity index is 2.72. The molecule has 1 heterocycles. The maximum atomic E-state index is 12.8. The van der Waals surface area contributed by atoms with E-state index in [1.165, 1.54) is 4.90 Å². The van der Waals surface area contributed by atoms with Gasteiger partial charge in [0.25, 0.3) is 0 Å². The van der Waals surface area contributed by atoms with Gasteiger partial charge in [-0.05, 0) is 66.2 Å². The number of hydrogen-bond acceptors (Lipinski definition) is 4. The fraction of sp³-hybridized carbons (Fsp3) is 0.875. The van der Waals surface area contributed by atoms with Crippen LogP contribution >= 0.6 is 0 Å². The summed E-state index contributed by atoms with van der Waals surface area (Å²) in [6.07, 6.45) is 1.96. The smallest absolute Gasteiger partial charge is 0.233 e. The zero-order valence-corrected chi connectivity index (χ0v) is 20.8. The van der Waals surface area contributed by atoms with Gasteiger partial charge in [0.05, 0.1) is 11.1 Å². The summed E-state index contributed by atoms with van der Waals surface area (Å²) in [5.74, 6) is -0.117. The van der Waals surface area contributed by atoms with Crippen molar-refractivity contribution in [1.29, 1.82) is 0 Å². The maximum Gasteiger partial charge on any atom is 0.233 e. The van der Waals surface area contributed by atoms with Gasteiger partial charge in [0.2, 0.25) is 17.7 Å². The van der Waals surface area contributed by atoms with Crippen molar-refractivity contribution >= 4 is 17.7 Å². The molecular weight excluding hydrogens is 380 g/mol. The molecule has 1 atom stereocenters. The molecule has 1 fully saturated rings. The third-order valence-corrected chi connectivity index (χ3v) is 5.72. The molecule has 1 N–H and O–H groups in total. The Kier molecular flexibility index (Phi) is 8.69. The molecule has 1 aliphatic rings. The normalized spacial score (nSPS) is 18.7. The summed E-state index contributed by atoms with van der Waals surface area (Å²) in [6, 6.07) is 0. The Labute approximate surface area is 183 Å². The molecule has 0 aromatic carbocycles. The van der Waals surface area contributed by atoms with Crippen LogP contribution in [0.25, 0.3) is 0 Å². The van der Waals surface area contributed by atoms with Gasteiger partial charge >= 0.3 is 0 Å². The Bertz CT molecular complexity index is 635. The van der Waals surface area contributed by atoms with Crippen molar-refractivity contribution in [2.75, 3.05) is 6.61 Å². The molecule has 6 nitrogen and oxygen atoms in total. The maximum absolute atomic E-state index is 12.8. The summed E-state index contributed by atoms with van der Waals surface area (Å²) in [4.78, 5) is 39.4. The second-order valence-corrected chi connectivity index (χ2v) is 11.5. The summed E-state index contributed by atoms with van der Waals surface area (Å²) >= 11 is 0. The highest BCUT2D eigenvalue weighted by atomic mass is 16.5. The lowest BCUT2D eigenvalue weighted by Crippen LogP contribution is -2.54. The van der Waals surface area contributed by atoms with Gasteiger partial charge in [0, 0.05) is 30.9 Å². The van der Waals surface area contributed by atoms with Crippen LogP contribution in [0.3, 0.4) is 0 Å². The number of rotatable bonds is 11. The molecule has 0 saturated carbocycles. The van der Waals surface area contributed by atoms with Gasteiger partial charge in [0.1, 0.15) is 0 Å². The highest BCUT2D eigenvalue weighted by Gasteiger charge is 2.47. The van der Waals surface area contributed by atoms with Crippen molar-refractivity contribution in [2.24, 2.45) is 17.8 Å². The standard InChI is InChI=1S/C24H44N2O4/c1-16(2)11-12-30-24(9,10)15-22(5,6)25-19(27)14-23(7,8)26-20(28)13-18(17(3)4)21(26)29/h16-18H,11-15H2,1-10H3,(H,25,27). The number of amides is 3. The van der Waals surface area contributed by atoms with Crippen LogP contribution in [0.1, 0.15) is 94.9 Å². The van der Waals surface area contributed by atoms with Gasteiger partial charge in [-0.3, -0.25) is 19.3 Å².